The first-order valence-electron chi connectivity index (χ1n) is 11.7. The predicted molar refractivity (Wildman–Crippen MR) is 122 cm³/mol. The smallest absolute Gasteiger partial charge is 0.231 e. The van der Waals surface area contributed by atoms with Crippen LogP contribution < -0.4 is 14.8 Å². The number of nitrogens with zero attached hydrogens (tertiary/aromatic N) is 6. The third-order valence-electron chi connectivity index (χ3n) is 6.76. The predicted octanol–water partition coefficient (Wildman–Crippen LogP) is 2.06. The van der Waals surface area contributed by atoms with E-state index < -0.39 is 0 Å². The number of aromatic nitrogens is 3. The Morgan fingerprint density at radius 2 is 1.88 bits per heavy atom. The van der Waals surface area contributed by atoms with Crippen LogP contribution in [0.15, 0.2) is 23.2 Å². The molecule has 1 aliphatic carbocycles. The number of hydrogen-bond donors (Lipinski definition) is 1. The molecule has 2 aromatic rings. The van der Waals surface area contributed by atoms with Gasteiger partial charge in [0.1, 0.15) is 12.4 Å². The van der Waals surface area contributed by atoms with Crippen LogP contribution in [0.3, 0.4) is 0 Å². The van der Waals surface area contributed by atoms with Crippen molar-refractivity contribution in [3.8, 4) is 11.5 Å². The lowest BCUT2D eigenvalue weighted by Crippen LogP contribution is -2.53. The minimum absolute atomic E-state index is 0.321. The molecule has 1 saturated heterocycles. The van der Waals surface area contributed by atoms with Crippen LogP contribution in [-0.2, 0) is 20.1 Å². The van der Waals surface area contributed by atoms with E-state index in [1.165, 1.54) is 31.2 Å². The molecule has 0 atom stereocenters. The third-order valence-corrected chi connectivity index (χ3v) is 6.76. The Morgan fingerprint density at radius 3 is 2.62 bits per heavy atom. The summed E-state index contributed by atoms with van der Waals surface area (Å²) in [7, 11) is 2.00. The van der Waals surface area contributed by atoms with E-state index in [0.29, 0.717) is 19.4 Å². The van der Waals surface area contributed by atoms with Gasteiger partial charge in [-0.3, -0.25) is 4.90 Å². The first-order valence-corrected chi connectivity index (χ1v) is 11.7. The zero-order valence-corrected chi connectivity index (χ0v) is 19.1. The highest BCUT2D eigenvalue weighted by Crippen LogP contribution is 2.32. The van der Waals surface area contributed by atoms with E-state index in [2.05, 4.69) is 37.4 Å². The zero-order chi connectivity index (χ0) is 21.9. The van der Waals surface area contributed by atoms with Gasteiger partial charge >= 0.3 is 0 Å². The van der Waals surface area contributed by atoms with Gasteiger partial charge in [0, 0.05) is 45.8 Å². The van der Waals surface area contributed by atoms with E-state index in [9.17, 15) is 0 Å². The van der Waals surface area contributed by atoms with Gasteiger partial charge in [0.15, 0.2) is 23.3 Å². The summed E-state index contributed by atoms with van der Waals surface area (Å²) in [4.78, 5) is 9.86. The molecule has 0 unspecified atom stereocenters. The summed E-state index contributed by atoms with van der Waals surface area (Å²) in [5, 5.41) is 12.2. The largest absolute Gasteiger partial charge is 0.454 e. The molecule has 5 rings (SSSR count). The number of nitrogens with one attached hydrogen (secondary N) is 1. The van der Waals surface area contributed by atoms with Crippen molar-refractivity contribution in [3.05, 3.63) is 35.4 Å². The van der Waals surface area contributed by atoms with Crippen LogP contribution in [0.2, 0.25) is 0 Å². The number of guanidine groups is 1. The summed E-state index contributed by atoms with van der Waals surface area (Å²) in [6, 6.07) is 6.78. The SMILES string of the molecule is Cc1nnc(CN=C(NC2CCCC2)N2CCN(Cc3ccc4c(c3)OCO4)CC2)n1C. The topological polar surface area (TPSA) is 80.0 Å². The first kappa shape index (κ1) is 21.1. The molecule has 0 bridgehead atoms. The fourth-order valence-corrected chi connectivity index (χ4v) is 4.64. The molecule has 0 spiro atoms. The summed E-state index contributed by atoms with van der Waals surface area (Å²) in [6.07, 6.45) is 5.06. The summed E-state index contributed by atoms with van der Waals surface area (Å²) in [5.41, 5.74) is 1.26. The molecule has 172 valence electrons. The van der Waals surface area contributed by atoms with Gasteiger partial charge < -0.3 is 24.3 Å². The van der Waals surface area contributed by atoms with Crippen molar-refractivity contribution >= 4 is 5.96 Å². The Kier molecular flexibility index (Phi) is 6.16. The van der Waals surface area contributed by atoms with Gasteiger partial charge in [-0.15, -0.1) is 10.2 Å². The lowest BCUT2D eigenvalue weighted by molar-refractivity contribution is 0.170. The maximum Gasteiger partial charge on any atom is 0.231 e. The number of aliphatic imine (C=N–C) groups is 1. The highest BCUT2D eigenvalue weighted by Gasteiger charge is 2.24. The van der Waals surface area contributed by atoms with Crippen LogP contribution >= 0.6 is 0 Å². The van der Waals surface area contributed by atoms with Crippen LogP contribution in [-0.4, -0.2) is 69.5 Å². The fourth-order valence-electron chi connectivity index (χ4n) is 4.64. The van der Waals surface area contributed by atoms with Crippen molar-refractivity contribution in [3.63, 3.8) is 0 Å². The monoisotopic (exact) mass is 439 g/mol. The Bertz CT molecular complexity index is 959. The Hall–Kier alpha value is -2.81. The summed E-state index contributed by atoms with van der Waals surface area (Å²) >= 11 is 0. The summed E-state index contributed by atoms with van der Waals surface area (Å²) < 4.78 is 13.0. The second-order valence-electron chi connectivity index (χ2n) is 8.94. The molecule has 1 N–H and O–H groups in total. The number of ether oxygens (including phenoxy) is 2. The van der Waals surface area contributed by atoms with Crippen LogP contribution in [0, 0.1) is 6.92 Å². The average Bonchev–Trinajstić information content (AvgIpc) is 3.55. The molecule has 1 aromatic carbocycles. The van der Waals surface area contributed by atoms with Crippen LogP contribution in [0.5, 0.6) is 11.5 Å². The second kappa shape index (κ2) is 9.36. The van der Waals surface area contributed by atoms with E-state index in [0.717, 1.165) is 61.8 Å². The standard InChI is InChI=1S/C23H33N7O2/c1-17-26-27-22(28(17)2)14-24-23(25-19-5-3-4-6-19)30-11-9-29(10-12-30)15-18-7-8-20-21(13-18)32-16-31-20/h7-8,13,19H,3-6,9-12,14-16H2,1-2H3,(H,24,25). The van der Waals surface area contributed by atoms with E-state index in [1.54, 1.807) is 0 Å². The number of rotatable bonds is 5. The van der Waals surface area contributed by atoms with Gasteiger partial charge in [0.05, 0.1) is 0 Å². The quantitative estimate of drug-likeness (QED) is 0.564. The van der Waals surface area contributed by atoms with Crippen molar-refractivity contribution in [1.29, 1.82) is 0 Å². The molecule has 9 nitrogen and oxygen atoms in total. The molecule has 32 heavy (non-hydrogen) atoms. The number of hydrogen-bond acceptors (Lipinski definition) is 6. The lowest BCUT2D eigenvalue weighted by Gasteiger charge is -2.37. The second-order valence-corrected chi connectivity index (χ2v) is 8.94. The molecule has 2 aliphatic heterocycles. The van der Waals surface area contributed by atoms with Gasteiger partial charge in [-0.25, -0.2) is 4.99 Å². The zero-order valence-electron chi connectivity index (χ0n) is 19.1. The maximum absolute atomic E-state index is 5.53. The highest BCUT2D eigenvalue weighted by molar-refractivity contribution is 5.80. The Balaban J connectivity index is 1.21. The van der Waals surface area contributed by atoms with Gasteiger partial charge in [-0.05, 0) is 37.5 Å². The maximum atomic E-state index is 5.53. The lowest BCUT2D eigenvalue weighted by atomic mass is 10.1. The molecular formula is C23H33N7O2. The number of piperazine rings is 1. The molecule has 1 saturated carbocycles. The molecule has 0 amide bonds. The summed E-state index contributed by atoms with van der Waals surface area (Å²) in [6.45, 7) is 7.68. The van der Waals surface area contributed by atoms with Crippen LogP contribution in [0.25, 0.3) is 0 Å². The molecule has 0 radical (unpaired) electrons. The Labute approximate surface area is 189 Å². The van der Waals surface area contributed by atoms with Crippen molar-refractivity contribution in [2.75, 3.05) is 33.0 Å². The van der Waals surface area contributed by atoms with Gasteiger partial charge in [0.2, 0.25) is 6.79 Å². The number of benzene rings is 1. The molecule has 2 fully saturated rings. The Morgan fingerprint density at radius 1 is 1.09 bits per heavy atom. The van der Waals surface area contributed by atoms with E-state index >= 15 is 0 Å². The highest BCUT2D eigenvalue weighted by atomic mass is 16.7. The molecule has 1 aromatic heterocycles. The number of fused-ring (bicyclic) bond motifs is 1. The van der Waals surface area contributed by atoms with Crippen LogP contribution in [0.4, 0.5) is 0 Å². The van der Waals surface area contributed by atoms with Gasteiger partial charge in [-0.1, -0.05) is 18.9 Å². The summed E-state index contributed by atoms with van der Waals surface area (Å²) in [5.74, 6) is 4.53. The molecular weight excluding hydrogens is 406 g/mol. The van der Waals surface area contributed by atoms with Crippen molar-refractivity contribution < 1.29 is 9.47 Å². The van der Waals surface area contributed by atoms with Gasteiger partial charge in [0.25, 0.3) is 0 Å². The normalized spacial score (nSPS) is 19.7. The number of aryl methyl sites for hydroxylation is 1. The van der Waals surface area contributed by atoms with E-state index in [-0.39, 0.29) is 0 Å². The van der Waals surface area contributed by atoms with Crippen molar-refractivity contribution in [2.24, 2.45) is 12.0 Å². The molecule has 9 heteroatoms. The first-order chi connectivity index (χ1) is 15.7. The fraction of sp³-hybridized carbons (Fsp3) is 0.609. The minimum atomic E-state index is 0.321. The van der Waals surface area contributed by atoms with Crippen molar-refractivity contribution in [2.45, 2.75) is 51.7 Å². The van der Waals surface area contributed by atoms with Gasteiger partial charge in [-0.2, -0.15) is 0 Å². The molecule has 3 aliphatic rings. The third kappa shape index (κ3) is 4.67. The molecule has 3 heterocycles. The van der Waals surface area contributed by atoms with E-state index in [4.69, 9.17) is 14.5 Å². The minimum Gasteiger partial charge on any atom is -0.454 e. The van der Waals surface area contributed by atoms with E-state index in [1.807, 2.05) is 24.6 Å². The van der Waals surface area contributed by atoms with Crippen molar-refractivity contribution in [1.82, 2.24) is 29.9 Å². The average molecular weight is 440 g/mol. The van der Waals surface area contributed by atoms with Crippen LogP contribution in [0.1, 0.15) is 42.9 Å².